The molecule has 1 atom stereocenters. The Balaban J connectivity index is 2.70. The van der Waals surface area contributed by atoms with Gasteiger partial charge in [0, 0.05) is 27.2 Å². The Hall–Kier alpha value is -0.190. The van der Waals surface area contributed by atoms with Gasteiger partial charge in [0.2, 0.25) is 0 Å². The molecular formula is C11H16BrNOS. The number of thiophene rings is 1. The van der Waals surface area contributed by atoms with Gasteiger partial charge in [-0.2, -0.15) is 0 Å². The van der Waals surface area contributed by atoms with Crippen LogP contribution >= 0.6 is 27.3 Å². The second-order valence-electron chi connectivity index (χ2n) is 3.89. The first-order valence-electron chi connectivity index (χ1n) is 4.90. The topological polar surface area (TPSA) is 20.3 Å². The third kappa shape index (κ3) is 4.05. The first kappa shape index (κ1) is 12.9. The van der Waals surface area contributed by atoms with Crippen molar-refractivity contribution in [1.82, 2.24) is 4.90 Å². The molecule has 1 aromatic heterocycles. The number of hydrogen-bond donors (Lipinski definition) is 0. The highest BCUT2D eigenvalue weighted by Crippen LogP contribution is 2.31. The molecule has 84 valence electrons. The fourth-order valence-corrected chi connectivity index (χ4v) is 3.17. The standard InChI is InChI=1S/C11H16BrNOS/c1-8(14)4-5-10(13(2)3)11-6-9(12)7-15-11/h6-7,10H,4-5H2,1-3H3. The van der Waals surface area contributed by atoms with Gasteiger partial charge in [0.25, 0.3) is 0 Å². The molecule has 0 spiro atoms. The summed E-state index contributed by atoms with van der Waals surface area (Å²) in [5.74, 6) is 0.262. The summed E-state index contributed by atoms with van der Waals surface area (Å²) in [6, 6.07) is 2.49. The van der Waals surface area contributed by atoms with E-state index in [4.69, 9.17) is 0 Å². The normalized spacial score (nSPS) is 13.1. The minimum atomic E-state index is 0.262. The van der Waals surface area contributed by atoms with Crippen LogP contribution in [0.25, 0.3) is 0 Å². The van der Waals surface area contributed by atoms with E-state index in [1.165, 1.54) is 4.88 Å². The number of ketones is 1. The predicted molar refractivity (Wildman–Crippen MR) is 68.4 cm³/mol. The van der Waals surface area contributed by atoms with Gasteiger partial charge in [-0.05, 0) is 49.4 Å². The molecule has 0 aliphatic heterocycles. The van der Waals surface area contributed by atoms with Crippen molar-refractivity contribution in [2.24, 2.45) is 0 Å². The monoisotopic (exact) mass is 289 g/mol. The third-order valence-corrected chi connectivity index (χ3v) is 4.10. The lowest BCUT2D eigenvalue weighted by Crippen LogP contribution is -2.19. The van der Waals surface area contributed by atoms with E-state index in [0.29, 0.717) is 12.5 Å². The molecule has 0 bridgehead atoms. The number of carbonyl (C=O) groups excluding carboxylic acids is 1. The van der Waals surface area contributed by atoms with Crippen molar-refractivity contribution in [3.8, 4) is 0 Å². The van der Waals surface area contributed by atoms with Gasteiger partial charge in [-0.3, -0.25) is 0 Å². The maximum Gasteiger partial charge on any atom is 0.129 e. The summed E-state index contributed by atoms with van der Waals surface area (Å²) in [5.41, 5.74) is 0. The molecule has 1 rings (SSSR count). The van der Waals surface area contributed by atoms with Crippen LogP contribution in [-0.2, 0) is 4.79 Å². The Morgan fingerprint density at radius 2 is 2.27 bits per heavy atom. The Bertz CT molecular complexity index is 335. The summed E-state index contributed by atoms with van der Waals surface area (Å²) in [5, 5.41) is 2.08. The SMILES string of the molecule is CC(=O)CCC(c1cc(Br)cs1)N(C)C. The van der Waals surface area contributed by atoms with Crippen molar-refractivity contribution in [3.63, 3.8) is 0 Å². The average Bonchev–Trinajstić information content (AvgIpc) is 2.51. The van der Waals surface area contributed by atoms with Crippen LogP contribution in [0, 0.1) is 0 Å². The lowest BCUT2D eigenvalue weighted by Gasteiger charge is -2.22. The number of rotatable bonds is 5. The first-order chi connectivity index (χ1) is 7.00. The summed E-state index contributed by atoms with van der Waals surface area (Å²) in [6.07, 6.45) is 1.55. The molecule has 15 heavy (non-hydrogen) atoms. The lowest BCUT2D eigenvalue weighted by atomic mass is 10.1. The molecule has 0 radical (unpaired) electrons. The Kier molecular flexibility index (Phi) is 4.96. The number of halogens is 1. The van der Waals surface area contributed by atoms with E-state index in [0.717, 1.165) is 10.9 Å². The van der Waals surface area contributed by atoms with Crippen molar-refractivity contribution in [3.05, 3.63) is 20.8 Å². The molecule has 1 aromatic rings. The molecule has 0 aromatic carbocycles. The molecule has 1 unspecified atom stereocenters. The van der Waals surface area contributed by atoms with Gasteiger partial charge in [0.1, 0.15) is 5.78 Å². The summed E-state index contributed by atoms with van der Waals surface area (Å²) in [7, 11) is 4.11. The van der Waals surface area contributed by atoms with Gasteiger partial charge < -0.3 is 9.69 Å². The van der Waals surface area contributed by atoms with Crippen LogP contribution < -0.4 is 0 Å². The van der Waals surface area contributed by atoms with Crippen LogP contribution in [0.4, 0.5) is 0 Å². The molecule has 0 amide bonds. The fourth-order valence-electron chi connectivity index (χ4n) is 1.50. The highest BCUT2D eigenvalue weighted by atomic mass is 79.9. The van der Waals surface area contributed by atoms with Crippen molar-refractivity contribution in [2.45, 2.75) is 25.8 Å². The van der Waals surface area contributed by atoms with E-state index in [-0.39, 0.29) is 5.78 Å². The highest BCUT2D eigenvalue weighted by Gasteiger charge is 2.16. The molecular weight excluding hydrogens is 274 g/mol. The van der Waals surface area contributed by atoms with Gasteiger partial charge in [0.05, 0.1) is 0 Å². The summed E-state index contributed by atoms with van der Waals surface area (Å²) in [4.78, 5) is 14.5. The molecule has 0 fully saturated rings. The maximum absolute atomic E-state index is 11.0. The van der Waals surface area contributed by atoms with Crippen LogP contribution in [0.3, 0.4) is 0 Å². The number of Topliss-reactive ketones (excluding diaryl/α,β-unsaturated/α-hetero) is 1. The predicted octanol–water partition coefficient (Wildman–Crippen LogP) is 3.48. The molecule has 0 saturated carbocycles. The average molecular weight is 290 g/mol. The molecule has 0 N–H and O–H groups in total. The maximum atomic E-state index is 11.0. The molecule has 4 heteroatoms. The van der Waals surface area contributed by atoms with Crippen molar-refractivity contribution >= 4 is 33.0 Å². The smallest absolute Gasteiger partial charge is 0.129 e. The Morgan fingerprint density at radius 1 is 1.60 bits per heavy atom. The van der Waals surface area contributed by atoms with E-state index in [9.17, 15) is 4.79 Å². The van der Waals surface area contributed by atoms with E-state index in [1.54, 1.807) is 18.3 Å². The van der Waals surface area contributed by atoms with Crippen LogP contribution in [-0.4, -0.2) is 24.8 Å². The minimum Gasteiger partial charge on any atom is -0.302 e. The number of carbonyl (C=O) groups is 1. The Morgan fingerprint density at radius 3 is 2.67 bits per heavy atom. The molecule has 0 aliphatic carbocycles. The zero-order chi connectivity index (χ0) is 11.4. The van der Waals surface area contributed by atoms with Crippen molar-refractivity contribution < 1.29 is 4.79 Å². The summed E-state index contributed by atoms with van der Waals surface area (Å²) >= 11 is 5.19. The van der Waals surface area contributed by atoms with Crippen molar-refractivity contribution in [1.29, 1.82) is 0 Å². The minimum absolute atomic E-state index is 0.262. The second-order valence-corrected chi connectivity index (χ2v) is 5.75. The fraction of sp³-hybridized carbons (Fsp3) is 0.545. The van der Waals surface area contributed by atoms with E-state index in [2.05, 4.69) is 46.4 Å². The second kappa shape index (κ2) is 5.77. The highest BCUT2D eigenvalue weighted by molar-refractivity contribution is 9.10. The Labute approximate surface area is 103 Å². The number of hydrogen-bond acceptors (Lipinski definition) is 3. The molecule has 2 nitrogen and oxygen atoms in total. The lowest BCUT2D eigenvalue weighted by molar-refractivity contribution is -0.117. The molecule has 0 aliphatic rings. The zero-order valence-corrected chi connectivity index (χ0v) is 11.7. The molecule has 1 heterocycles. The third-order valence-electron chi connectivity index (χ3n) is 2.31. The van der Waals surface area contributed by atoms with Crippen LogP contribution in [0.1, 0.15) is 30.7 Å². The summed E-state index contributed by atoms with van der Waals surface area (Å²) in [6.45, 7) is 1.65. The van der Waals surface area contributed by atoms with E-state index >= 15 is 0 Å². The van der Waals surface area contributed by atoms with Gasteiger partial charge in [0.15, 0.2) is 0 Å². The summed E-state index contributed by atoms with van der Waals surface area (Å²) < 4.78 is 1.12. The van der Waals surface area contributed by atoms with E-state index in [1.807, 2.05) is 0 Å². The van der Waals surface area contributed by atoms with Gasteiger partial charge >= 0.3 is 0 Å². The van der Waals surface area contributed by atoms with Gasteiger partial charge in [-0.15, -0.1) is 11.3 Å². The largest absolute Gasteiger partial charge is 0.302 e. The van der Waals surface area contributed by atoms with Gasteiger partial charge in [-0.25, -0.2) is 0 Å². The van der Waals surface area contributed by atoms with Crippen LogP contribution in [0.5, 0.6) is 0 Å². The quantitative estimate of drug-likeness (QED) is 0.827. The zero-order valence-electron chi connectivity index (χ0n) is 9.29. The molecule has 0 saturated heterocycles. The van der Waals surface area contributed by atoms with Crippen LogP contribution in [0.2, 0.25) is 0 Å². The van der Waals surface area contributed by atoms with Gasteiger partial charge in [-0.1, -0.05) is 0 Å². The number of nitrogens with zero attached hydrogens (tertiary/aromatic N) is 1. The van der Waals surface area contributed by atoms with Crippen molar-refractivity contribution in [2.75, 3.05) is 14.1 Å². The first-order valence-corrected chi connectivity index (χ1v) is 6.57. The van der Waals surface area contributed by atoms with Crippen LogP contribution in [0.15, 0.2) is 15.9 Å². The van der Waals surface area contributed by atoms with E-state index < -0.39 is 0 Å².